The Bertz CT molecular complexity index is 1390. The summed E-state index contributed by atoms with van der Waals surface area (Å²) in [6.07, 6.45) is 3.02. The molecule has 3 aromatic rings. The predicted octanol–water partition coefficient (Wildman–Crippen LogP) is 4.18. The molecule has 4 rings (SSSR count). The number of ether oxygens (including phenoxy) is 2. The van der Waals surface area contributed by atoms with Gasteiger partial charge in [-0.3, -0.25) is 10.4 Å². The number of hydrogen-bond donors (Lipinski definition) is 2. The van der Waals surface area contributed by atoms with Crippen molar-refractivity contribution in [1.29, 1.82) is 5.41 Å². The van der Waals surface area contributed by atoms with Crippen LogP contribution >= 0.6 is 12.3 Å². The van der Waals surface area contributed by atoms with Gasteiger partial charge >= 0.3 is 6.09 Å². The molecular weight excluding hydrogens is 523 g/mol. The number of nitrogens with one attached hydrogen (secondary N) is 1. The first-order valence-electron chi connectivity index (χ1n) is 12.7. The van der Waals surface area contributed by atoms with Crippen molar-refractivity contribution in [2.45, 2.75) is 46.1 Å². The second-order valence-corrected chi connectivity index (χ2v) is 11.1. The molecule has 0 bridgehead atoms. The van der Waals surface area contributed by atoms with Crippen LogP contribution in [0.15, 0.2) is 30.6 Å². The number of nitrogen functional groups attached to an aromatic ring is 1. The van der Waals surface area contributed by atoms with Crippen molar-refractivity contribution in [1.82, 2.24) is 23.7 Å². The summed E-state index contributed by atoms with van der Waals surface area (Å²) in [5.41, 5.74) is 3.44. The van der Waals surface area contributed by atoms with E-state index in [1.807, 2.05) is 46.8 Å². The number of rotatable bonds is 6. The maximum Gasteiger partial charge on any atom is 0.410 e. The first kappa shape index (κ1) is 28.3. The molecule has 0 unspecified atom stereocenters. The van der Waals surface area contributed by atoms with Crippen LogP contribution < -0.4 is 21.0 Å². The van der Waals surface area contributed by atoms with Gasteiger partial charge in [0.1, 0.15) is 11.3 Å². The van der Waals surface area contributed by atoms with Crippen molar-refractivity contribution in [2.24, 2.45) is 0 Å². The molecule has 1 amide bonds. The largest absolute Gasteiger partial charge is 0.493 e. The van der Waals surface area contributed by atoms with Gasteiger partial charge in [0.25, 0.3) is 0 Å². The molecule has 3 N–H and O–H groups in total. The Morgan fingerprint density at radius 2 is 1.90 bits per heavy atom. The lowest BCUT2D eigenvalue weighted by Gasteiger charge is -2.36. The Labute approximate surface area is 231 Å². The summed E-state index contributed by atoms with van der Waals surface area (Å²) < 4.78 is 27.3. The van der Waals surface area contributed by atoms with Crippen molar-refractivity contribution >= 4 is 24.1 Å². The van der Waals surface area contributed by atoms with E-state index in [4.69, 9.17) is 20.7 Å². The van der Waals surface area contributed by atoms with Gasteiger partial charge in [-0.15, -0.1) is 3.89 Å². The van der Waals surface area contributed by atoms with Crippen molar-refractivity contribution in [3.05, 3.63) is 41.6 Å². The SMILES string of the molecule is COc1cc(-c2c(C(C)C)c(-c3ccc(N4CCN(C(=O)OC(C)(C)C)CC4)cn3)nn2SF)cn(N)c1=N. The van der Waals surface area contributed by atoms with E-state index >= 15 is 0 Å². The van der Waals surface area contributed by atoms with E-state index in [0.717, 1.165) is 15.9 Å². The van der Waals surface area contributed by atoms with E-state index < -0.39 is 5.60 Å². The summed E-state index contributed by atoms with van der Waals surface area (Å²) in [5.74, 6) is 6.22. The number of methoxy groups -OCH3 is 1. The fourth-order valence-electron chi connectivity index (χ4n) is 4.52. The standard InChI is InChI=1S/C26H35FN8O3S/c1-16(2)21-22(31-35(39-27)23(21)17-13-20(37-6)24(28)34(29)15-17)19-8-7-18(14-30-19)32-9-11-33(12-10-32)25(36)38-26(3,4)5/h7-8,13-16,28H,9-12,29H2,1-6H3. The molecule has 3 aromatic heterocycles. The predicted molar refractivity (Wildman–Crippen MR) is 150 cm³/mol. The Hall–Kier alpha value is -3.74. The molecule has 1 saturated heterocycles. The van der Waals surface area contributed by atoms with Gasteiger partial charge in [0.2, 0.25) is 0 Å². The highest BCUT2D eigenvalue weighted by molar-refractivity contribution is 7.92. The summed E-state index contributed by atoms with van der Waals surface area (Å²) in [7, 11) is 1.45. The molecule has 1 fully saturated rings. The fraction of sp³-hybridized carbons (Fsp3) is 0.462. The van der Waals surface area contributed by atoms with E-state index in [0.29, 0.717) is 48.8 Å². The quantitative estimate of drug-likeness (QED) is 0.432. The first-order chi connectivity index (χ1) is 18.4. The number of halogens is 1. The van der Waals surface area contributed by atoms with Gasteiger partial charge in [-0.05, 0) is 44.9 Å². The summed E-state index contributed by atoms with van der Waals surface area (Å²) in [6, 6.07) is 5.48. The van der Waals surface area contributed by atoms with Crippen LogP contribution in [0.1, 0.15) is 46.1 Å². The summed E-state index contributed by atoms with van der Waals surface area (Å²) in [6.45, 7) is 12.0. The molecule has 39 heavy (non-hydrogen) atoms. The molecule has 4 heterocycles. The van der Waals surface area contributed by atoms with Crippen LogP contribution in [0.25, 0.3) is 22.6 Å². The van der Waals surface area contributed by atoms with Crippen molar-refractivity contribution in [3.63, 3.8) is 0 Å². The van der Waals surface area contributed by atoms with Crippen LogP contribution in [-0.2, 0) is 4.74 Å². The smallest absolute Gasteiger partial charge is 0.410 e. The molecule has 0 saturated carbocycles. The van der Waals surface area contributed by atoms with Gasteiger partial charge in [-0.25, -0.2) is 9.47 Å². The Kier molecular flexibility index (Phi) is 8.09. The number of piperazine rings is 1. The lowest BCUT2D eigenvalue weighted by Crippen LogP contribution is -2.50. The van der Waals surface area contributed by atoms with E-state index in [1.54, 1.807) is 23.4 Å². The third-order valence-corrected chi connectivity index (χ3v) is 6.77. The number of nitrogens with zero attached hydrogens (tertiary/aromatic N) is 6. The Balaban J connectivity index is 1.61. The summed E-state index contributed by atoms with van der Waals surface area (Å²) in [4.78, 5) is 20.9. The number of amides is 1. The van der Waals surface area contributed by atoms with E-state index in [-0.39, 0.29) is 35.6 Å². The molecular formula is C26H35FN8O3S. The van der Waals surface area contributed by atoms with E-state index in [1.165, 1.54) is 11.2 Å². The second-order valence-electron chi connectivity index (χ2n) is 10.6. The van der Waals surface area contributed by atoms with E-state index in [2.05, 4.69) is 15.0 Å². The highest BCUT2D eigenvalue weighted by Crippen LogP contribution is 2.39. The maximum absolute atomic E-state index is 14.1. The maximum atomic E-state index is 14.1. The zero-order valence-electron chi connectivity index (χ0n) is 23.1. The molecule has 0 spiro atoms. The van der Waals surface area contributed by atoms with Crippen LogP contribution in [0.3, 0.4) is 0 Å². The third-order valence-electron chi connectivity index (χ3n) is 6.37. The van der Waals surface area contributed by atoms with Gasteiger partial charge in [-0.1, -0.05) is 13.8 Å². The molecule has 210 valence electrons. The highest BCUT2D eigenvalue weighted by Gasteiger charge is 2.28. The number of carbonyl (C=O) groups excluding carboxylic acids is 1. The first-order valence-corrected chi connectivity index (χ1v) is 13.3. The van der Waals surface area contributed by atoms with Gasteiger partial charge in [0.15, 0.2) is 23.6 Å². The lowest BCUT2D eigenvalue weighted by atomic mass is 9.96. The minimum absolute atomic E-state index is 0.00396. The number of pyridine rings is 2. The molecule has 1 aliphatic heterocycles. The average molecular weight is 559 g/mol. The Morgan fingerprint density at radius 1 is 1.21 bits per heavy atom. The number of aromatic nitrogens is 4. The van der Waals surface area contributed by atoms with E-state index in [9.17, 15) is 8.68 Å². The Morgan fingerprint density at radius 3 is 2.44 bits per heavy atom. The average Bonchev–Trinajstić information content (AvgIpc) is 3.29. The van der Waals surface area contributed by atoms with Crippen LogP contribution in [0, 0.1) is 5.41 Å². The zero-order valence-corrected chi connectivity index (χ0v) is 23.9. The fourth-order valence-corrected chi connectivity index (χ4v) is 4.91. The van der Waals surface area contributed by atoms with Crippen LogP contribution in [0.4, 0.5) is 14.4 Å². The minimum Gasteiger partial charge on any atom is -0.493 e. The monoisotopic (exact) mass is 558 g/mol. The van der Waals surface area contributed by atoms with Crippen molar-refractivity contribution < 1.29 is 18.2 Å². The molecule has 0 radical (unpaired) electrons. The summed E-state index contributed by atoms with van der Waals surface area (Å²) >= 11 is -0.0182. The number of anilines is 1. The molecule has 0 atom stereocenters. The zero-order chi connectivity index (χ0) is 28.5. The van der Waals surface area contributed by atoms with Crippen LogP contribution in [-0.4, -0.2) is 68.7 Å². The molecule has 1 aliphatic rings. The minimum atomic E-state index is -0.529. The molecule has 0 aromatic carbocycles. The third kappa shape index (κ3) is 5.97. The van der Waals surface area contributed by atoms with Crippen molar-refractivity contribution in [2.75, 3.05) is 44.0 Å². The molecule has 11 nitrogen and oxygen atoms in total. The van der Waals surface area contributed by atoms with Crippen molar-refractivity contribution in [3.8, 4) is 28.4 Å². The molecule has 0 aliphatic carbocycles. The highest BCUT2D eigenvalue weighted by atomic mass is 32.2. The number of nitrogens with two attached hydrogens (primary N) is 1. The number of hydrogen-bond acceptors (Lipinski definition) is 9. The number of carbonyl (C=O) groups is 1. The normalized spacial score (nSPS) is 14.2. The van der Waals surface area contributed by atoms with Gasteiger partial charge in [0.05, 0.1) is 30.4 Å². The lowest BCUT2D eigenvalue weighted by molar-refractivity contribution is 0.0240. The second kappa shape index (κ2) is 11.2. The molecule has 13 heteroatoms. The van der Waals surface area contributed by atoms with Crippen LogP contribution in [0.5, 0.6) is 5.75 Å². The summed E-state index contributed by atoms with van der Waals surface area (Å²) in [5, 5.41) is 12.6. The topological polar surface area (TPSA) is 128 Å². The van der Waals surface area contributed by atoms with Gasteiger partial charge in [0, 0.05) is 43.5 Å². The van der Waals surface area contributed by atoms with Gasteiger partial charge in [-0.2, -0.15) is 9.19 Å². The van der Waals surface area contributed by atoms with Gasteiger partial charge < -0.3 is 25.1 Å². The van der Waals surface area contributed by atoms with Crippen LogP contribution in [0.2, 0.25) is 0 Å².